The predicted octanol–water partition coefficient (Wildman–Crippen LogP) is 1.54. The number of fused-ring (bicyclic) bond motifs is 1. The van der Waals surface area contributed by atoms with Gasteiger partial charge < -0.3 is 20.0 Å². The molecule has 0 aromatic heterocycles. The number of hydrogen-bond acceptors (Lipinski definition) is 5. The molecule has 7 nitrogen and oxygen atoms in total. The lowest BCUT2D eigenvalue weighted by molar-refractivity contribution is 0.156. The summed E-state index contributed by atoms with van der Waals surface area (Å²) in [5.41, 5.74) is 1.24. The first-order chi connectivity index (χ1) is 13.2. The molecule has 1 N–H and O–H groups in total. The van der Waals surface area contributed by atoms with Gasteiger partial charge in [-0.05, 0) is 18.9 Å². The third-order valence-corrected chi connectivity index (χ3v) is 5.25. The molecule has 0 bridgehead atoms. The number of carbonyl (C=O) groups is 1. The molecular formula is C20H26N6O. The van der Waals surface area contributed by atoms with Crippen LogP contribution in [0.3, 0.4) is 0 Å². The Morgan fingerprint density at radius 1 is 1.19 bits per heavy atom. The van der Waals surface area contributed by atoms with Crippen molar-refractivity contribution in [1.29, 1.82) is 0 Å². The second-order valence-electron chi connectivity index (χ2n) is 7.14. The summed E-state index contributed by atoms with van der Waals surface area (Å²) in [6.07, 6.45) is 4.79. The number of nitrogens with one attached hydrogen (secondary N) is 1. The normalized spacial score (nSPS) is 21.7. The van der Waals surface area contributed by atoms with Crippen molar-refractivity contribution in [3.8, 4) is 0 Å². The van der Waals surface area contributed by atoms with Crippen LogP contribution in [0.5, 0.6) is 0 Å². The smallest absolute Gasteiger partial charge is 0.317 e. The lowest BCUT2D eigenvalue weighted by atomic mass is 10.1. The molecule has 1 aromatic rings. The lowest BCUT2D eigenvalue weighted by Gasteiger charge is -2.37. The minimum absolute atomic E-state index is 0.0203. The Morgan fingerprint density at radius 2 is 1.96 bits per heavy atom. The van der Waals surface area contributed by atoms with E-state index in [9.17, 15) is 4.79 Å². The highest BCUT2D eigenvalue weighted by molar-refractivity contribution is 6.03. The summed E-state index contributed by atoms with van der Waals surface area (Å²) in [6.45, 7) is 6.62. The van der Waals surface area contributed by atoms with E-state index < -0.39 is 0 Å². The van der Waals surface area contributed by atoms with E-state index in [2.05, 4.69) is 50.2 Å². The zero-order chi connectivity index (χ0) is 18.6. The Balaban J connectivity index is 1.24. The molecule has 3 heterocycles. The van der Waals surface area contributed by atoms with Crippen LogP contribution in [0.1, 0.15) is 12.5 Å². The first-order valence-electron chi connectivity index (χ1n) is 9.61. The molecule has 1 atom stereocenters. The van der Waals surface area contributed by atoms with E-state index in [0.29, 0.717) is 25.7 Å². The van der Waals surface area contributed by atoms with Gasteiger partial charge in [0.25, 0.3) is 0 Å². The van der Waals surface area contributed by atoms with Crippen molar-refractivity contribution in [1.82, 2.24) is 20.0 Å². The SMILES string of the molecule is C[C@@H]1CN=C2C=C(N3CCN(C(=O)NCCc4ccccc4)CC3)N=CN21. The Labute approximate surface area is 160 Å². The number of nitrogens with zero attached hydrogens (tertiary/aromatic N) is 5. The fourth-order valence-electron chi connectivity index (χ4n) is 3.57. The molecule has 1 fully saturated rings. The Morgan fingerprint density at radius 3 is 2.74 bits per heavy atom. The number of amidine groups is 1. The number of aliphatic imine (C=N–C) groups is 2. The van der Waals surface area contributed by atoms with E-state index in [4.69, 9.17) is 0 Å². The van der Waals surface area contributed by atoms with Gasteiger partial charge in [0.2, 0.25) is 0 Å². The largest absolute Gasteiger partial charge is 0.353 e. The maximum atomic E-state index is 12.4. The van der Waals surface area contributed by atoms with Crippen LogP contribution in [0.25, 0.3) is 0 Å². The van der Waals surface area contributed by atoms with Gasteiger partial charge >= 0.3 is 6.03 Å². The average Bonchev–Trinajstić information content (AvgIpc) is 3.09. The summed E-state index contributed by atoms with van der Waals surface area (Å²) in [7, 11) is 0. The third-order valence-electron chi connectivity index (χ3n) is 5.25. The minimum Gasteiger partial charge on any atom is -0.353 e. The number of urea groups is 1. The van der Waals surface area contributed by atoms with Crippen molar-refractivity contribution < 1.29 is 4.79 Å². The van der Waals surface area contributed by atoms with Crippen molar-refractivity contribution in [3.05, 3.63) is 47.8 Å². The highest BCUT2D eigenvalue weighted by atomic mass is 16.2. The fraction of sp³-hybridized carbons (Fsp3) is 0.450. The summed E-state index contributed by atoms with van der Waals surface area (Å²) in [4.78, 5) is 27.8. The third kappa shape index (κ3) is 3.97. The lowest BCUT2D eigenvalue weighted by Crippen LogP contribution is -2.52. The molecule has 0 unspecified atom stereocenters. The van der Waals surface area contributed by atoms with Crippen molar-refractivity contribution in [3.63, 3.8) is 0 Å². The molecule has 4 rings (SSSR count). The van der Waals surface area contributed by atoms with Gasteiger partial charge in [0.15, 0.2) is 0 Å². The highest BCUT2D eigenvalue weighted by Crippen LogP contribution is 2.19. The number of benzene rings is 1. The van der Waals surface area contributed by atoms with Crippen molar-refractivity contribution >= 4 is 18.2 Å². The van der Waals surface area contributed by atoms with Gasteiger partial charge in [0.1, 0.15) is 11.7 Å². The molecule has 0 spiro atoms. The molecule has 0 radical (unpaired) electrons. The molecule has 1 aromatic carbocycles. The second-order valence-corrected chi connectivity index (χ2v) is 7.14. The maximum absolute atomic E-state index is 12.4. The van der Waals surface area contributed by atoms with Crippen LogP contribution in [0.2, 0.25) is 0 Å². The van der Waals surface area contributed by atoms with Gasteiger partial charge in [-0.3, -0.25) is 4.99 Å². The first-order valence-corrected chi connectivity index (χ1v) is 9.61. The molecule has 3 aliphatic rings. The molecule has 0 aliphatic carbocycles. The molecule has 3 aliphatic heterocycles. The van der Waals surface area contributed by atoms with Gasteiger partial charge in [-0.25, -0.2) is 9.79 Å². The van der Waals surface area contributed by atoms with Crippen LogP contribution in [-0.2, 0) is 6.42 Å². The van der Waals surface area contributed by atoms with E-state index in [-0.39, 0.29) is 6.03 Å². The van der Waals surface area contributed by atoms with E-state index in [0.717, 1.165) is 37.7 Å². The number of hydrogen-bond donors (Lipinski definition) is 1. The van der Waals surface area contributed by atoms with Crippen LogP contribution in [-0.4, -0.2) is 78.2 Å². The van der Waals surface area contributed by atoms with E-state index in [1.165, 1.54) is 5.56 Å². The Kier molecular flexibility index (Phi) is 5.09. The number of carbonyl (C=O) groups excluding carboxylic acids is 1. The van der Waals surface area contributed by atoms with E-state index in [1.54, 1.807) is 0 Å². The average molecular weight is 366 g/mol. The zero-order valence-corrected chi connectivity index (χ0v) is 15.7. The van der Waals surface area contributed by atoms with E-state index in [1.807, 2.05) is 29.4 Å². The molecule has 142 valence electrons. The van der Waals surface area contributed by atoms with Crippen LogP contribution < -0.4 is 5.32 Å². The standard InChI is InChI=1S/C20H26N6O/c1-16-14-22-19-13-18(23-15-26(16)19)24-9-11-25(12-10-24)20(27)21-8-7-17-5-3-2-4-6-17/h2-6,13,15-16H,7-12,14H2,1H3,(H,21,27)/t16-/m1/s1. The maximum Gasteiger partial charge on any atom is 0.317 e. The zero-order valence-electron chi connectivity index (χ0n) is 15.7. The number of amides is 2. The van der Waals surface area contributed by atoms with Crippen LogP contribution >= 0.6 is 0 Å². The van der Waals surface area contributed by atoms with Gasteiger partial charge in [0, 0.05) is 38.8 Å². The summed E-state index contributed by atoms with van der Waals surface area (Å²) < 4.78 is 0. The molecule has 7 heteroatoms. The van der Waals surface area contributed by atoms with Crippen molar-refractivity contribution in [2.24, 2.45) is 9.98 Å². The first kappa shape index (κ1) is 17.6. The monoisotopic (exact) mass is 366 g/mol. The Bertz CT molecular complexity index is 764. The van der Waals surface area contributed by atoms with Crippen molar-refractivity contribution in [2.75, 3.05) is 39.3 Å². The second kappa shape index (κ2) is 7.82. The van der Waals surface area contributed by atoms with Gasteiger partial charge in [0.05, 0.1) is 18.9 Å². The van der Waals surface area contributed by atoms with Crippen LogP contribution in [0, 0.1) is 0 Å². The quantitative estimate of drug-likeness (QED) is 0.879. The van der Waals surface area contributed by atoms with Gasteiger partial charge in [-0.1, -0.05) is 30.3 Å². The van der Waals surface area contributed by atoms with Gasteiger partial charge in [-0.2, -0.15) is 0 Å². The minimum atomic E-state index is 0.0203. The highest BCUT2D eigenvalue weighted by Gasteiger charge is 2.27. The summed E-state index contributed by atoms with van der Waals surface area (Å²) >= 11 is 0. The van der Waals surface area contributed by atoms with E-state index >= 15 is 0 Å². The number of piperazine rings is 1. The summed E-state index contributed by atoms with van der Waals surface area (Å²) in [5.74, 6) is 1.94. The van der Waals surface area contributed by atoms with Crippen LogP contribution in [0.4, 0.5) is 4.79 Å². The molecule has 2 amide bonds. The van der Waals surface area contributed by atoms with Crippen molar-refractivity contribution in [2.45, 2.75) is 19.4 Å². The molecule has 27 heavy (non-hydrogen) atoms. The summed E-state index contributed by atoms with van der Waals surface area (Å²) in [6, 6.07) is 10.6. The topological polar surface area (TPSA) is 63.5 Å². The Hall–Kier alpha value is -2.83. The fourth-order valence-corrected chi connectivity index (χ4v) is 3.57. The van der Waals surface area contributed by atoms with Crippen LogP contribution in [0.15, 0.2) is 52.2 Å². The number of rotatable bonds is 4. The predicted molar refractivity (Wildman–Crippen MR) is 107 cm³/mol. The molecule has 1 saturated heterocycles. The van der Waals surface area contributed by atoms with Gasteiger partial charge in [-0.15, -0.1) is 0 Å². The molecular weight excluding hydrogens is 340 g/mol. The summed E-state index contributed by atoms with van der Waals surface area (Å²) in [5, 5.41) is 3.03. The molecule has 0 saturated carbocycles.